The molecule has 5 heteroatoms. The highest BCUT2D eigenvalue weighted by Crippen LogP contribution is 2.30. The number of carbonyl (C=O) groups excluding carboxylic acids is 1. The molecule has 1 unspecified atom stereocenters. The lowest BCUT2D eigenvalue weighted by Crippen LogP contribution is -2.36. The third-order valence-corrected chi connectivity index (χ3v) is 3.44. The highest BCUT2D eigenvalue weighted by molar-refractivity contribution is 5.98. The van der Waals surface area contributed by atoms with Crippen molar-refractivity contribution in [1.29, 1.82) is 0 Å². The molecule has 0 fully saturated rings. The van der Waals surface area contributed by atoms with Crippen molar-refractivity contribution < 1.29 is 4.79 Å². The number of hydrogen-bond donors (Lipinski definition) is 1. The maximum Gasteiger partial charge on any atom is 0.224 e. The van der Waals surface area contributed by atoms with E-state index in [9.17, 15) is 4.79 Å². The first kappa shape index (κ1) is 13.3. The summed E-state index contributed by atoms with van der Waals surface area (Å²) in [6.45, 7) is 3.47. The molecule has 1 aliphatic rings. The number of allylic oxidation sites excluding steroid dienone is 1. The second-order valence-electron chi connectivity index (χ2n) is 4.94. The number of nitrogens with zero attached hydrogens (tertiary/aromatic N) is 3. The van der Waals surface area contributed by atoms with Crippen LogP contribution in [0.1, 0.15) is 25.5 Å². The van der Waals surface area contributed by atoms with E-state index in [0.717, 1.165) is 11.3 Å². The van der Waals surface area contributed by atoms with Gasteiger partial charge in [-0.05, 0) is 25.5 Å². The van der Waals surface area contributed by atoms with Gasteiger partial charge >= 0.3 is 0 Å². The molecule has 1 N–H and O–H groups in total. The number of carbonyl (C=O) groups is 1. The van der Waals surface area contributed by atoms with E-state index in [1.54, 1.807) is 17.8 Å². The van der Waals surface area contributed by atoms with Crippen LogP contribution in [0.3, 0.4) is 0 Å². The summed E-state index contributed by atoms with van der Waals surface area (Å²) in [6.07, 6.45) is 3.52. The Balaban J connectivity index is 2.09. The zero-order chi connectivity index (χ0) is 14.8. The number of rotatable bonds is 2. The lowest BCUT2D eigenvalue weighted by atomic mass is 9.94. The molecule has 2 heterocycles. The molecule has 0 bridgehead atoms. The maximum atomic E-state index is 12.0. The van der Waals surface area contributed by atoms with Crippen LogP contribution in [0.25, 0.3) is 0 Å². The summed E-state index contributed by atoms with van der Waals surface area (Å²) in [5, 5.41) is 7.35. The Kier molecular flexibility index (Phi) is 3.39. The molecule has 0 spiro atoms. The molecule has 3 rings (SSSR count). The molecule has 0 saturated carbocycles. The number of aromatic nitrogens is 2. The molecular formula is C16H16N4O. The van der Waals surface area contributed by atoms with Crippen molar-refractivity contribution in [1.82, 2.24) is 15.1 Å². The maximum absolute atomic E-state index is 12.0. The standard InChI is InChI=1S/C16H16N4O/c1-11-14(12(2)21)15(13-7-4-3-5-8-13)19-16(18-11)20-10-6-9-17-20/h3-10,15H,1-2H3,(H,18,19). The topological polar surface area (TPSA) is 59.3 Å². The average Bonchev–Trinajstić information content (AvgIpc) is 3.01. The smallest absolute Gasteiger partial charge is 0.224 e. The first-order valence-electron chi connectivity index (χ1n) is 6.78. The number of ketones is 1. The van der Waals surface area contributed by atoms with Gasteiger partial charge in [0.25, 0.3) is 0 Å². The van der Waals surface area contributed by atoms with Gasteiger partial charge in [-0.1, -0.05) is 30.3 Å². The third-order valence-electron chi connectivity index (χ3n) is 3.44. The largest absolute Gasteiger partial charge is 0.328 e. The van der Waals surface area contributed by atoms with Crippen LogP contribution in [-0.4, -0.2) is 21.5 Å². The Labute approximate surface area is 123 Å². The second kappa shape index (κ2) is 5.36. The van der Waals surface area contributed by atoms with E-state index in [1.165, 1.54) is 0 Å². The summed E-state index contributed by atoms with van der Waals surface area (Å²) in [7, 11) is 0. The van der Waals surface area contributed by atoms with Crippen LogP contribution in [0.15, 0.2) is 65.1 Å². The predicted molar refractivity (Wildman–Crippen MR) is 80.8 cm³/mol. The quantitative estimate of drug-likeness (QED) is 0.918. The van der Waals surface area contributed by atoms with E-state index < -0.39 is 0 Å². The Morgan fingerprint density at radius 2 is 2.00 bits per heavy atom. The minimum atomic E-state index is -0.302. The summed E-state index contributed by atoms with van der Waals surface area (Å²) in [6, 6.07) is 11.4. The third kappa shape index (κ3) is 2.50. The molecule has 5 nitrogen and oxygen atoms in total. The molecular weight excluding hydrogens is 264 g/mol. The van der Waals surface area contributed by atoms with Crippen molar-refractivity contribution in [3.05, 3.63) is 65.6 Å². The minimum Gasteiger partial charge on any atom is -0.328 e. The first-order valence-corrected chi connectivity index (χ1v) is 6.78. The molecule has 1 atom stereocenters. The Morgan fingerprint density at radius 3 is 2.62 bits per heavy atom. The molecule has 1 aromatic carbocycles. The Bertz CT molecular complexity index is 714. The Morgan fingerprint density at radius 1 is 1.24 bits per heavy atom. The van der Waals surface area contributed by atoms with E-state index in [4.69, 9.17) is 0 Å². The monoisotopic (exact) mass is 280 g/mol. The molecule has 2 aromatic rings. The summed E-state index contributed by atoms with van der Waals surface area (Å²) >= 11 is 0. The van der Waals surface area contributed by atoms with Crippen molar-refractivity contribution in [2.45, 2.75) is 19.9 Å². The van der Waals surface area contributed by atoms with Gasteiger partial charge in [-0.15, -0.1) is 0 Å². The predicted octanol–water partition coefficient (Wildman–Crippen LogP) is 2.29. The van der Waals surface area contributed by atoms with Crippen LogP contribution in [0, 0.1) is 0 Å². The van der Waals surface area contributed by atoms with Gasteiger partial charge < -0.3 is 5.32 Å². The SMILES string of the molecule is CC(=O)C1=C(C)NC(n2cccn2)=NC1c1ccccc1. The highest BCUT2D eigenvalue weighted by atomic mass is 16.1. The van der Waals surface area contributed by atoms with Crippen molar-refractivity contribution in [2.75, 3.05) is 0 Å². The number of Topliss-reactive ketones (excluding diaryl/α,β-unsaturated/α-hetero) is 1. The fourth-order valence-corrected chi connectivity index (χ4v) is 2.50. The van der Waals surface area contributed by atoms with Crippen LogP contribution in [0.2, 0.25) is 0 Å². The van der Waals surface area contributed by atoms with E-state index in [2.05, 4.69) is 15.4 Å². The van der Waals surface area contributed by atoms with Gasteiger partial charge in [-0.25, -0.2) is 9.67 Å². The summed E-state index contributed by atoms with van der Waals surface area (Å²) < 4.78 is 1.66. The fourth-order valence-electron chi connectivity index (χ4n) is 2.50. The molecule has 0 amide bonds. The molecule has 1 aliphatic heterocycles. The van der Waals surface area contributed by atoms with E-state index in [1.807, 2.05) is 49.5 Å². The summed E-state index contributed by atoms with van der Waals surface area (Å²) in [4.78, 5) is 16.7. The van der Waals surface area contributed by atoms with Gasteiger partial charge in [-0.2, -0.15) is 5.10 Å². The number of hydrogen-bond acceptors (Lipinski definition) is 4. The first-order chi connectivity index (χ1) is 10.2. The van der Waals surface area contributed by atoms with Crippen LogP contribution in [0.4, 0.5) is 0 Å². The lowest BCUT2D eigenvalue weighted by Gasteiger charge is -2.25. The van der Waals surface area contributed by atoms with Crippen LogP contribution >= 0.6 is 0 Å². The van der Waals surface area contributed by atoms with Crippen molar-refractivity contribution in [3.8, 4) is 0 Å². The highest BCUT2D eigenvalue weighted by Gasteiger charge is 2.27. The Hall–Kier alpha value is -2.69. The van der Waals surface area contributed by atoms with Gasteiger partial charge in [0.2, 0.25) is 5.96 Å². The van der Waals surface area contributed by atoms with Gasteiger partial charge in [0.15, 0.2) is 5.78 Å². The van der Waals surface area contributed by atoms with E-state index in [-0.39, 0.29) is 11.8 Å². The number of benzene rings is 1. The van der Waals surface area contributed by atoms with Crippen molar-refractivity contribution in [3.63, 3.8) is 0 Å². The van der Waals surface area contributed by atoms with Gasteiger partial charge in [0.1, 0.15) is 6.04 Å². The normalized spacial score (nSPS) is 18.2. The molecule has 0 aliphatic carbocycles. The second-order valence-corrected chi connectivity index (χ2v) is 4.94. The lowest BCUT2D eigenvalue weighted by molar-refractivity contribution is -0.114. The molecule has 1 aromatic heterocycles. The summed E-state index contributed by atoms with van der Waals surface area (Å²) in [5.41, 5.74) is 2.50. The summed E-state index contributed by atoms with van der Waals surface area (Å²) in [5.74, 6) is 0.647. The molecule has 21 heavy (non-hydrogen) atoms. The van der Waals surface area contributed by atoms with E-state index in [0.29, 0.717) is 11.5 Å². The van der Waals surface area contributed by atoms with Gasteiger partial charge in [-0.3, -0.25) is 4.79 Å². The molecule has 0 saturated heterocycles. The molecule has 106 valence electrons. The van der Waals surface area contributed by atoms with Crippen LogP contribution < -0.4 is 5.32 Å². The van der Waals surface area contributed by atoms with Crippen LogP contribution in [0.5, 0.6) is 0 Å². The number of nitrogens with one attached hydrogen (secondary N) is 1. The zero-order valence-electron chi connectivity index (χ0n) is 11.9. The van der Waals surface area contributed by atoms with Gasteiger partial charge in [0.05, 0.1) is 0 Å². The zero-order valence-corrected chi connectivity index (χ0v) is 11.9. The minimum absolute atomic E-state index is 0.0251. The average molecular weight is 280 g/mol. The van der Waals surface area contributed by atoms with Gasteiger partial charge in [0, 0.05) is 23.7 Å². The number of aliphatic imine (C=N–C) groups is 1. The van der Waals surface area contributed by atoms with Crippen molar-refractivity contribution >= 4 is 11.7 Å². The fraction of sp³-hybridized carbons (Fsp3) is 0.188. The van der Waals surface area contributed by atoms with E-state index >= 15 is 0 Å². The van der Waals surface area contributed by atoms with Crippen molar-refractivity contribution in [2.24, 2.45) is 4.99 Å². The van der Waals surface area contributed by atoms with Crippen LogP contribution in [-0.2, 0) is 4.79 Å². The molecule has 0 radical (unpaired) electrons.